The number of ether oxygens (including phenoxy) is 2. The van der Waals surface area contributed by atoms with Crippen LogP contribution in [0, 0.1) is 11.6 Å². The number of nitrogens with one attached hydrogen (secondary N) is 2. The summed E-state index contributed by atoms with van der Waals surface area (Å²) in [4.78, 5) is 34.7. The van der Waals surface area contributed by atoms with Crippen LogP contribution in [0.5, 0.6) is 11.5 Å². The van der Waals surface area contributed by atoms with Gasteiger partial charge in [0.15, 0.2) is 34.5 Å². The summed E-state index contributed by atoms with van der Waals surface area (Å²) in [6.45, 7) is 0.433. The Labute approximate surface area is 405 Å². The number of carbonyl (C=O) groups excluding carboxylic acids is 2. The van der Waals surface area contributed by atoms with Crippen molar-refractivity contribution in [2.45, 2.75) is 63.7 Å². The van der Waals surface area contributed by atoms with E-state index >= 15 is 0 Å². The van der Waals surface area contributed by atoms with E-state index in [-0.39, 0.29) is 47.1 Å². The van der Waals surface area contributed by atoms with Crippen LogP contribution in [-0.4, -0.2) is 115 Å². The van der Waals surface area contributed by atoms with Crippen molar-refractivity contribution in [1.29, 1.82) is 0 Å². The lowest BCUT2D eigenvalue weighted by molar-refractivity contribution is 0.0937. The number of amides is 2. The van der Waals surface area contributed by atoms with Gasteiger partial charge in [-0.05, 0) is 106 Å². The minimum Gasteiger partial charge on any atom is -0.494 e. The summed E-state index contributed by atoms with van der Waals surface area (Å²) >= 11 is 0. The van der Waals surface area contributed by atoms with Crippen molar-refractivity contribution in [3.05, 3.63) is 155 Å². The van der Waals surface area contributed by atoms with E-state index in [1.165, 1.54) is 107 Å². The van der Waals surface area contributed by atoms with Gasteiger partial charge < -0.3 is 28.9 Å². The summed E-state index contributed by atoms with van der Waals surface area (Å²) < 4.78 is 49.8. The predicted octanol–water partition coefficient (Wildman–Crippen LogP) is 3.81. The third-order valence-corrected chi connectivity index (χ3v) is 12.2. The van der Waals surface area contributed by atoms with Crippen molar-refractivity contribution in [2.24, 2.45) is 0 Å². The normalized spacial score (nSPS) is 13.3. The summed E-state index contributed by atoms with van der Waals surface area (Å²) in [6.07, 6.45) is 18.8. The molecular weight excluding hydrogens is 935 g/mol. The van der Waals surface area contributed by atoms with Crippen molar-refractivity contribution in [3.8, 4) is 22.9 Å². The Kier molecular flexibility index (Phi) is 12.0. The molecule has 10 aromatic rings. The molecule has 364 valence electrons. The molecule has 24 nitrogen and oxygen atoms in total. The first kappa shape index (κ1) is 45.1. The molecule has 0 aliphatic heterocycles. The van der Waals surface area contributed by atoms with Gasteiger partial charge in [0.25, 0.3) is 11.8 Å². The van der Waals surface area contributed by atoms with Gasteiger partial charge in [-0.1, -0.05) is 22.6 Å². The molecule has 2 fully saturated rings. The average molecular weight is 977 g/mol. The highest BCUT2D eigenvalue weighted by Gasteiger charge is 2.26. The molecule has 72 heavy (non-hydrogen) atoms. The number of hydrogen-bond donors (Lipinski definition) is 2. The van der Waals surface area contributed by atoms with Crippen LogP contribution >= 0.6 is 0 Å². The van der Waals surface area contributed by atoms with Gasteiger partial charge in [-0.15, -0.1) is 20.4 Å². The van der Waals surface area contributed by atoms with Crippen LogP contribution in [0.3, 0.4) is 0 Å². The van der Waals surface area contributed by atoms with E-state index in [9.17, 15) is 18.4 Å². The quantitative estimate of drug-likeness (QED) is 0.140. The van der Waals surface area contributed by atoms with E-state index in [0.29, 0.717) is 36.3 Å². The molecule has 2 N–H and O–H groups in total. The number of rotatable bonds is 16. The van der Waals surface area contributed by atoms with Crippen LogP contribution in [0.15, 0.2) is 98.4 Å². The summed E-state index contributed by atoms with van der Waals surface area (Å²) in [5.41, 5.74) is 7.21. The molecule has 2 aliphatic rings. The summed E-state index contributed by atoms with van der Waals surface area (Å²) in [5, 5.41) is 43.3. The van der Waals surface area contributed by atoms with Crippen LogP contribution in [-0.2, 0) is 26.2 Å². The topological polar surface area (TPSA) is 260 Å². The maximum absolute atomic E-state index is 15.0. The Balaban J connectivity index is 0.000000156. The zero-order chi connectivity index (χ0) is 49.3. The Bertz CT molecular complexity index is 3340. The summed E-state index contributed by atoms with van der Waals surface area (Å²) in [6, 6.07) is 14.4. The second-order valence-corrected chi connectivity index (χ2v) is 17.1. The van der Waals surface area contributed by atoms with E-state index in [2.05, 4.69) is 96.8 Å². The van der Waals surface area contributed by atoms with Crippen LogP contribution < -0.4 is 20.1 Å². The number of pyridine rings is 2. The first-order valence-electron chi connectivity index (χ1n) is 22.7. The van der Waals surface area contributed by atoms with Gasteiger partial charge >= 0.3 is 0 Å². The Morgan fingerprint density at radius 3 is 1.42 bits per heavy atom. The Hall–Kier alpha value is -9.36. The summed E-state index contributed by atoms with van der Waals surface area (Å²) in [5.74, 6) is -0.850. The van der Waals surface area contributed by atoms with Crippen molar-refractivity contribution in [2.75, 3.05) is 14.2 Å². The molecule has 12 rings (SSSR count). The smallest absolute Gasteiger partial charge is 0.273 e. The minimum atomic E-state index is -0.619. The number of nitrogens with zero attached hydrogens (tertiary/aromatic N) is 18. The zero-order valence-corrected chi connectivity index (χ0v) is 38.5. The number of hydrogen-bond acceptors (Lipinski definition) is 16. The second kappa shape index (κ2) is 19.2. The molecule has 0 atom stereocenters. The molecule has 8 heterocycles. The van der Waals surface area contributed by atoms with E-state index < -0.39 is 23.4 Å². The van der Waals surface area contributed by atoms with Gasteiger partial charge in [0.2, 0.25) is 0 Å². The highest BCUT2D eigenvalue weighted by atomic mass is 19.1. The van der Waals surface area contributed by atoms with Gasteiger partial charge in [0, 0.05) is 49.0 Å². The zero-order valence-electron chi connectivity index (χ0n) is 38.5. The van der Waals surface area contributed by atoms with Gasteiger partial charge in [-0.25, -0.2) is 37.5 Å². The molecule has 0 bridgehead atoms. The number of carbonyl (C=O) groups is 2. The van der Waals surface area contributed by atoms with Crippen molar-refractivity contribution in [3.63, 3.8) is 0 Å². The summed E-state index contributed by atoms with van der Waals surface area (Å²) in [7, 11) is 2.73. The van der Waals surface area contributed by atoms with E-state index in [1.54, 1.807) is 12.1 Å². The lowest BCUT2D eigenvalue weighted by Gasteiger charge is -2.13. The number of imidazole rings is 2. The van der Waals surface area contributed by atoms with E-state index in [4.69, 9.17) is 9.47 Å². The first-order chi connectivity index (χ1) is 35.2. The Morgan fingerprint density at radius 1 is 0.583 bits per heavy atom. The van der Waals surface area contributed by atoms with Gasteiger partial charge in [0.05, 0.1) is 62.5 Å². The molecule has 0 unspecified atom stereocenters. The number of tetrazole rings is 2. The highest BCUT2D eigenvalue weighted by Crippen LogP contribution is 2.40. The molecule has 0 saturated heterocycles. The SMILES string of the molecule is COc1ccc(-n2cnnn2)c(CNC(=O)c2cn(Cc3cn4cc(C5CC5)ccc4n3)nn2)c1F.COc1ccc(-n2cnnn2)c(CNC(=O)c2cn(Cc3cn4cc(C5CC5)ccc4n3)nn2)c1F. The van der Waals surface area contributed by atoms with Crippen molar-refractivity contribution < 1.29 is 27.8 Å². The molecule has 0 spiro atoms. The molecule has 2 amide bonds. The fourth-order valence-corrected chi connectivity index (χ4v) is 8.20. The van der Waals surface area contributed by atoms with Gasteiger partial charge in [-0.2, -0.15) is 0 Å². The average Bonchev–Trinajstić information content (AvgIpc) is 3.85. The predicted molar refractivity (Wildman–Crippen MR) is 246 cm³/mol. The number of methoxy groups -OCH3 is 2. The largest absolute Gasteiger partial charge is 0.494 e. The van der Waals surface area contributed by atoms with Crippen LogP contribution in [0.1, 0.15) is 92.1 Å². The van der Waals surface area contributed by atoms with Crippen LogP contribution in [0.4, 0.5) is 8.78 Å². The number of aromatic nitrogens is 18. The minimum absolute atomic E-state index is 0.0405. The number of halogens is 2. The second-order valence-electron chi connectivity index (χ2n) is 17.1. The fraction of sp³-hybridized carbons (Fsp3) is 0.261. The van der Waals surface area contributed by atoms with E-state index in [0.717, 1.165) is 22.7 Å². The fourth-order valence-electron chi connectivity index (χ4n) is 8.20. The number of fused-ring (bicyclic) bond motifs is 2. The molecule has 8 aromatic heterocycles. The standard InChI is InChI=1S/2C23H21FN10O2/c2*1-36-20-6-5-19(34-13-26-29-31-34)17(22(20)24)8-25-23(35)18-12-33(30-28-18)11-16-10-32-9-15(14-2-3-14)4-7-21(32)27-16/h2*4-7,9-10,12-14H,2-3,8,11H2,1H3,(H,25,35). The first-order valence-corrected chi connectivity index (χ1v) is 22.7. The van der Waals surface area contributed by atoms with Crippen molar-refractivity contribution >= 4 is 23.1 Å². The molecule has 2 aliphatic carbocycles. The monoisotopic (exact) mass is 976 g/mol. The van der Waals surface area contributed by atoms with Crippen LogP contribution in [0.2, 0.25) is 0 Å². The van der Waals surface area contributed by atoms with Gasteiger partial charge in [0.1, 0.15) is 23.9 Å². The van der Waals surface area contributed by atoms with E-state index in [1.807, 2.05) is 33.3 Å². The maximum atomic E-state index is 15.0. The van der Waals surface area contributed by atoms with Crippen LogP contribution in [0.25, 0.3) is 22.7 Å². The molecule has 0 radical (unpaired) electrons. The molecular formula is C46H42F2N20O4. The lowest BCUT2D eigenvalue weighted by Crippen LogP contribution is -2.25. The number of benzene rings is 2. The van der Waals surface area contributed by atoms with Crippen molar-refractivity contribution in [1.82, 2.24) is 99.8 Å². The highest BCUT2D eigenvalue weighted by molar-refractivity contribution is 5.92. The Morgan fingerprint density at radius 2 is 1.03 bits per heavy atom. The molecule has 26 heteroatoms. The third-order valence-electron chi connectivity index (χ3n) is 12.2. The molecule has 2 saturated carbocycles. The lowest BCUT2D eigenvalue weighted by atomic mass is 10.1. The third kappa shape index (κ3) is 9.51. The molecule has 2 aromatic carbocycles. The van der Waals surface area contributed by atoms with Gasteiger partial charge in [-0.3, -0.25) is 9.59 Å². The maximum Gasteiger partial charge on any atom is 0.273 e.